The first-order valence-electron chi connectivity index (χ1n) is 6.98. The highest BCUT2D eigenvalue weighted by Crippen LogP contribution is 2.26. The molecule has 0 spiro atoms. The fourth-order valence-corrected chi connectivity index (χ4v) is 2.42. The van der Waals surface area contributed by atoms with Gasteiger partial charge in [-0.1, -0.05) is 25.7 Å². The van der Waals surface area contributed by atoms with E-state index in [4.69, 9.17) is 10.2 Å². The van der Waals surface area contributed by atoms with Crippen LogP contribution >= 0.6 is 0 Å². The number of hydrogen-bond donors (Lipinski definition) is 4. The molecule has 0 bridgehead atoms. The molecule has 1 unspecified atom stereocenters. The molecule has 0 aromatic carbocycles. The second-order valence-electron chi connectivity index (χ2n) is 5.16. The standard InChI is InChI=1S/C13H22N2O5/c16-11(17)6-5-10(12(18)19)15-13(20)14-8-7-9-3-1-2-4-9/h9-10H,1-8H2,(H,16,17)(H,18,19)(H2,14,15,20). The zero-order valence-electron chi connectivity index (χ0n) is 11.4. The Morgan fingerprint density at radius 3 is 2.35 bits per heavy atom. The molecule has 0 heterocycles. The molecule has 1 saturated carbocycles. The van der Waals surface area contributed by atoms with Crippen LogP contribution in [0.4, 0.5) is 4.79 Å². The van der Waals surface area contributed by atoms with Crippen molar-refractivity contribution in [3.05, 3.63) is 0 Å². The second-order valence-corrected chi connectivity index (χ2v) is 5.16. The van der Waals surface area contributed by atoms with E-state index in [1.165, 1.54) is 25.7 Å². The van der Waals surface area contributed by atoms with Crippen LogP contribution in [-0.2, 0) is 9.59 Å². The summed E-state index contributed by atoms with van der Waals surface area (Å²) in [6, 6.07) is -1.72. The Labute approximate surface area is 117 Å². The first kappa shape index (κ1) is 16.3. The molecule has 7 heteroatoms. The summed E-state index contributed by atoms with van der Waals surface area (Å²) in [5.41, 5.74) is 0. The third kappa shape index (κ3) is 6.40. The van der Waals surface area contributed by atoms with Gasteiger partial charge in [0.15, 0.2) is 0 Å². The van der Waals surface area contributed by atoms with E-state index in [1.807, 2.05) is 0 Å². The van der Waals surface area contributed by atoms with E-state index < -0.39 is 24.0 Å². The van der Waals surface area contributed by atoms with Crippen molar-refractivity contribution in [3.8, 4) is 0 Å². The van der Waals surface area contributed by atoms with Crippen LogP contribution in [0.15, 0.2) is 0 Å². The lowest BCUT2D eigenvalue weighted by Crippen LogP contribution is -2.46. The number of aliphatic carboxylic acids is 2. The number of hydrogen-bond acceptors (Lipinski definition) is 3. The fourth-order valence-electron chi connectivity index (χ4n) is 2.42. The highest BCUT2D eigenvalue weighted by Gasteiger charge is 2.21. The van der Waals surface area contributed by atoms with Gasteiger partial charge in [0.2, 0.25) is 0 Å². The lowest BCUT2D eigenvalue weighted by molar-refractivity contribution is -0.140. The van der Waals surface area contributed by atoms with Crippen molar-refractivity contribution in [1.29, 1.82) is 0 Å². The number of carboxylic acids is 2. The molecule has 0 radical (unpaired) electrons. The molecule has 1 aliphatic carbocycles. The van der Waals surface area contributed by atoms with Crippen molar-refractivity contribution in [3.63, 3.8) is 0 Å². The van der Waals surface area contributed by atoms with Gasteiger partial charge in [0.05, 0.1) is 0 Å². The van der Waals surface area contributed by atoms with E-state index in [0.29, 0.717) is 12.5 Å². The molecule has 0 aliphatic heterocycles. The number of rotatable bonds is 8. The molecule has 7 nitrogen and oxygen atoms in total. The molecule has 1 fully saturated rings. The highest BCUT2D eigenvalue weighted by molar-refractivity contribution is 5.82. The van der Waals surface area contributed by atoms with E-state index in [2.05, 4.69) is 10.6 Å². The zero-order chi connectivity index (χ0) is 15.0. The highest BCUT2D eigenvalue weighted by atomic mass is 16.4. The summed E-state index contributed by atoms with van der Waals surface area (Å²) >= 11 is 0. The Kier molecular flexibility index (Phi) is 6.83. The van der Waals surface area contributed by atoms with Gasteiger partial charge in [0, 0.05) is 13.0 Å². The maximum absolute atomic E-state index is 11.5. The van der Waals surface area contributed by atoms with Crippen LogP contribution in [0.2, 0.25) is 0 Å². The van der Waals surface area contributed by atoms with Gasteiger partial charge in [-0.05, 0) is 18.8 Å². The summed E-state index contributed by atoms with van der Waals surface area (Å²) in [5.74, 6) is -1.66. The number of carbonyl (C=O) groups excluding carboxylic acids is 1. The van der Waals surface area contributed by atoms with Crippen LogP contribution in [0.5, 0.6) is 0 Å². The van der Waals surface area contributed by atoms with Crippen LogP contribution in [0, 0.1) is 5.92 Å². The third-order valence-electron chi connectivity index (χ3n) is 3.56. The Balaban J connectivity index is 2.22. The summed E-state index contributed by atoms with van der Waals surface area (Å²) in [4.78, 5) is 32.8. The van der Waals surface area contributed by atoms with Crippen molar-refractivity contribution in [2.24, 2.45) is 5.92 Å². The second kappa shape index (κ2) is 8.39. The predicted molar refractivity (Wildman–Crippen MR) is 71.4 cm³/mol. The maximum Gasteiger partial charge on any atom is 0.326 e. The van der Waals surface area contributed by atoms with Gasteiger partial charge in [0.25, 0.3) is 0 Å². The minimum atomic E-state index is -1.22. The van der Waals surface area contributed by atoms with Gasteiger partial charge < -0.3 is 20.8 Å². The minimum absolute atomic E-state index is 0.124. The number of carbonyl (C=O) groups is 3. The third-order valence-corrected chi connectivity index (χ3v) is 3.56. The molecule has 114 valence electrons. The largest absolute Gasteiger partial charge is 0.481 e. The van der Waals surface area contributed by atoms with E-state index in [0.717, 1.165) is 6.42 Å². The quantitative estimate of drug-likeness (QED) is 0.535. The summed E-state index contributed by atoms with van der Waals surface area (Å²) in [5, 5.41) is 22.3. The molecule has 1 aliphatic rings. The Morgan fingerprint density at radius 1 is 1.15 bits per heavy atom. The molecule has 2 amide bonds. The molecule has 0 aromatic heterocycles. The summed E-state index contributed by atoms with van der Waals surface area (Å²) in [7, 11) is 0. The van der Waals surface area contributed by atoms with Crippen molar-refractivity contribution in [2.45, 2.75) is 51.0 Å². The van der Waals surface area contributed by atoms with E-state index in [9.17, 15) is 14.4 Å². The fraction of sp³-hybridized carbons (Fsp3) is 0.769. The summed E-state index contributed by atoms with van der Waals surface area (Å²) in [6.07, 6.45) is 5.36. The number of carboxylic acid groups (broad SMARTS) is 2. The first-order valence-corrected chi connectivity index (χ1v) is 6.98. The normalized spacial score (nSPS) is 16.6. The molecule has 4 N–H and O–H groups in total. The average Bonchev–Trinajstić information content (AvgIpc) is 2.87. The molecule has 20 heavy (non-hydrogen) atoms. The smallest absolute Gasteiger partial charge is 0.326 e. The lowest BCUT2D eigenvalue weighted by Gasteiger charge is -2.15. The Morgan fingerprint density at radius 2 is 1.80 bits per heavy atom. The van der Waals surface area contributed by atoms with E-state index in [1.54, 1.807) is 0 Å². The molecular weight excluding hydrogens is 264 g/mol. The molecule has 1 atom stereocenters. The van der Waals surface area contributed by atoms with Crippen molar-refractivity contribution in [1.82, 2.24) is 10.6 Å². The van der Waals surface area contributed by atoms with Crippen LogP contribution in [-0.4, -0.2) is 40.8 Å². The molecular formula is C13H22N2O5. The number of urea groups is 1. The van der Waals surface area contributed by atoms with Gasteiger partial charge in [-0.25, -0.2) is 9.59 Å². The summed E-state index contributed by atoms with van der Waals surface area (Å²) in [6.45, 7) is 0.516. The van der Waals surface area contributed by atoms with E-state index in [-0.39, 0.29) is 12.8 Å². The van der Waals surface area contributed by atoms with Crippen LogP contribution in [0.1, 0.15) is 44.9 Å². The monoisotopic (exact) mass is 286 g/mol. The SMILES string of the molecule is O=C(O)CCC(NC(=O)NCCC1CCCC1)C(=O)O. The minimum Gasteiger partial charge on any atom is -0.481 e. The zero-order valence-corrected chi connectivity index (χ0v) is 11.4. The molecule has 1 rings (SSSR count). The van der Waals surface area contributed by atoms with E-state index >= 15 is 0 Å². The Bertz CT molecular complexity index is 353. The number of amides is 2. The van der Waals surface area contributed by atoms with Crippen molar-refractivity contribution >= 4 is 18.0 Å². The van der Waals surface area contributed by atoms with Crippen LogP contribution in [0.3, 0.4) is 0 Å². The van der Waals surface area contributed by atoms with Gasteiger partial charge >= 0.3 is 18.0 Å². The van der Waals surface area contributed by atoms with Crippen molar-refractivity contribution < 1.29 is 24.6 Å². The number of nitrogens with one attached hydrogen (secondary N) is 2. The Hall–Kier alpha value is -1.79. The predicted octanol–water partition coefficient (Wildman–Crippen LogP) is 1.18. The van der Waals surface area contributed by atoms with Gasteiger partial charge in [0.1, 0.15) is 6.04 Å². The van der Waals surface area contributed by atoms with Gasteiger partial charge in [-0.2, -0.15) is 0 Å². The van der Waals surface area contributed by atoms with Gasteiger partial charge in [-0.15, -0.1) is 0 Å². The first-order chi connectivity index (χ1) is 9.49. The maximum atomic E-state index is 11.5. The topological polar surface area (TPSA) is 116 Å². The van der Waals surface area contributed by atoms with Crippen LogP contribution in [0.25, 0.3) is 0 Å². The molecule has 0 aromatic rings. The lowest BCUT2D eigenvalue weighted by atomic mass is 10.0. The van der Waals surface area contributed by atoms with Gasteiger partial charge in [-0.3, -0.25) is 4.79 Å². The van der Waals surface area contributed by atoms with Crippen LogP contribution < -0.4 is 10.6 Å². The molecule has 0 saturated heterocycles. The van der Waals surface area contributed by atoms with Crippen molar-refractivity contribution in [2.75, 3.05) is 6.54 Å². The average molecular weight is 286 g/mol. The summed E-state index contributed by atoms with van der Waals surface area (Å²) < 4.78 is 0.